The van der Waals surface area contributed by atoms with Gasteiger partial charge in [-0.05, 0) is 41.1 Å². The fourth-order valence-corrected chi connectivity index (χ4v) is 4.07. The van der Waals surface area contributed by atoms with Crippen molar-refractivity contribution in [1.29, 1.82) is 0 Å². The number of pyridine rings is 2. The van der Waals surface area contributed by atoms with E-state index in [1.54, 1.807) is 25.5 Å². The maximum Gasteiger partial charge on any atom is 0.289 e. The molecule has 0 bridgehead atoms. The molecule has 0 fully saturated rings. The number of hydrogen-bond acceptors (Lipinski definition) is 8. The highest BCUT2D eigenvalue weighted by Crippen LogP contribution is 2.34. The Balaban J connectivity index is 1.82. The van der Waals surface area contributed by atoms with Crippen molar-refractivity contribution in [1.82, 2.24) is 29.3 Å². The van der Waals surface area contributed by atoms with E-state index >= 15 is 0 Å². The average molecular weight is 506 g/mol. The summed E-state index contributed by atoms with van der Waals surface area (Å²) < 4.78 is 1.94. The van der Waals surface area contributed by atoms with Crippen LogP contribution in [0.15, 0.2) is 43.2 Å². The van der Waals surface area contributed by atoms with Gasteiger partial charge < -0.3 is 5.32 Å². The molecule has 1 unspecified atom stereocenters. The largest absolute Gasteiger partial charge is 0.338 e. The van der Waals surface area contributed by atoms with Crippen molar-refractivity contribution < 1.29 is 4.92 Å². The predicted molar refractivity (Wildman–Crippen MR) is 115 cm³/mol. The number of halogens is 1. The second-order valence-corrected chi connectivity index (χ2v) is 7.80. The van der Waals surface area contributed by atoms with E-state index in [2.05, 4.69) is 52.3 Å². The second kappa shape index (κ2) is 7.68. The zero-order valence-corrected chi connectivity index (χ0v) is 17.5. The summed E-state index contributed by atoms with van der Waals surface area (Å²) in [4.78, 5) is 32.3. The van der Waals surface area contributed by atoms with Crippen LogP contribution >= 0.6 is 28.4 Å². The Morgan fingerprint density at radius 2 is 2.11 bits per heavy atom. The van der Waals surface area contributed by atoms with Crippen LogP contribution < -0.4 is 5.32 Å². The summed E-state index contributed by atoms with van der Waals surface area (Å²) in [7, 11) is 0. The van der Waals surface area contributed by atoms with Crippen LogP contribution in [0.5, 0.6) is 0 Å². The van der Waals surface area contributed by atoms with Gasteiger partial charge in [-0.25, -0.2) is 19.9 Å². The SMILES string of the molecule is Cc1ncc([N+](=O)[O-])cc1Nc1ncccc1-c1ncnc2c1ncn2PI. The molecular weight excluding hydrogens is 494 g/mol. The summed E-state index contributed by atoms with van der Waals surface area (Å²) in [6.07, 6.45) is 6.54. The molecule has 1 atom stereocenters. The molecule has 4 aromatic heterocycles. The lowest BCUT2D eigenvalue weighted by molar-refractivity contribution is -0.385. The fourth-order valence-electron chi connectivity index (χ4n) is 2.67. The van der Waals surface area contributed by atoms with Crippen LogP contribution in [0.3, 0.4) is 0 Å². The minimum absolute atomic E-state index is 0.100. The highest BCUT2D eigenvalue weighted by Gasteiger charge is 2.17. The van der Waals surface area contributed by atoms with Crippen LogP contribution in [-0.4, -0.2) is 34.2 Å². The third-order valence-corrected chi connectivity index (χ3v) is 6.09. The number of fused-ring (bicyclic) bond motifs is 1. The summed E-state index contributed by atoms with van der Waals surface area (Å²) in [6, 6.07) is 5.09. The van der Waals surface area contributed by atoms with Crippen molar-refractivity contribution in [2.24, 2.45) is 0 Å². The first-order valence-electron chi connectivity index (χ1n) is 7.96. The second-order valence-electron chi connectivity index (χ2n) is 5.70. The molecule has 0 aliphatic heterocycles. The first-order chi connectivity index (χ1) is 13.6. The molecular formula is C16H12IN8O2P. The van der Waals surface area contributed by atoms with Crippen molar-refractivity contribution in [3.63, 3.8) is 0 Å². The molecule has 0 amide bonds. The highest BCUT2D eigenvalue weighted by atomic mass is 127. The standard InChI is InChI=1S/C16H12IN8O2P/c1-9-12(5-10(6-19-9)25(26)27)23-15-11(3-2-4-18-15)13-14-16(21-7-20-13)24(28-17)8-22-14/h2-8,28H,1H3,(H,18,23). The van der Waals surface area contributed by atoms with Crippen molar-refractivity contribution in [2.75, 3.05) is 5.32 Å². The number of imidazole rings is 1. The molecule has 10 nitrogen and oxygen atoms in total. The number of nitrogens with one attached hydrogen (secondary N) is 1. The number of rotatable bonds is 5. The Morgan fingerprint density at radius 3 is 2.89 bits per heavy atom. The average Bonchev–Trinajstić information content (AvgIpc) is 3.13. The van der Waals surface area contributed by atoms with Gasteiger partial charge in [-0.2, -0.15) is 0 Å². The van der Waals surface area contributed by atoms with Gasteiger partial charge in [0.2, 0.25) is 0 Å². The fraction of sp³-hybridized carbons (Fsp3) is 0.0625. The zero-order valence-electron chi connectivity index (χ0n) is 14.4. The Bertz CT molecular complexity index is 1200. The van der Waals surface area contributed by atoms with Gasteiger partial charge in [-0.15, -0.1) is 0 Å². The lowest BCUT2D eigenvalue weighted by atomic mass is 10.1. The monoisotopic (exact) mass is 506 g/mol. The molecule has 0 aliphatic carbocycles. The molecule has 0 aliphatic rings. The van der Waals surface area contributed by atoms with Gasteiger partial charge in [0, 0.05) is 17.8 Å². The molecule has 0 saturated heterocycles. The van der Waals surface area contributed by atoms with E-state index in [4.69, 9.17) is 0 Å². The van der Waals surface area contributed by atoms with E-state index in [1.165, 1.54) is 18.6 Å². The van der Waals surface area contributed by atoms with Crippen LogP contribution in [0, 0.1) is 17.0 Å². The number of aromatic nitrogens is 6. The van der Waals surface area contributed by atoms with Gasteiger partial charge in [0.1, 0.15) is 35.9 Å². The van der Waals surface area contributed by atoms with Crippen LogP contribution in [-0.2, 0) is 0 Å². The molecule has 140 valence electrons. The van der Waals surface area contributed by atoms with Gasteiger partial charge >= 0.3 is 0 Å². The summed E-state index contributed by atoms with van der Waals surface area (Å²) in [5, 5.41) is 14.2. The van der Waals surface area contributed by atoms with Gasteiger partial charge in [-0.1, -0.05) is 0 Å². The molecule has 0 spiro atoms. The third kappa shape index (κ3) is 3.38. The first kappa shape index (κ1) is 18.6. The smallest absolute Gasteiger partial charge is 0.289 e. The van der Waals surface area contributed by atoms with Crippen molar-refractivity contribution in [3.8, 4) is 11.3 Å². The highest BCUT2D eigenvalue weighted by molar-refractivity contribution is 14.2. The Kier molecular flexibility index (Phi) is 5.09. The molecule has 4 rings (SSSR count). The van der Waals surface area contributed by atoms with E-state index < -0.39 is 4.92 Å². The summed E-state index contributed by atoms with van der Waals surface area (Å²) in [6.45, 7) is 1.76. The predicted octanol–water partition coefficient (Wildman–Crippen LogP) is 4.04. The topological polar surface area (TPSA) is 125 Å². The number of aryl methyl sites for hydroxylation is 1. The van der Waals surface area contributed by atoms with Gasteiger partial charge in [0.05, 0.1) is 22.7 Å². The third-order valence-electron chi connectivity index (χ3n) is 4.02. The minimum Gasteiger partial charge on any atom is -0.338 e. The van der Waals surface area contributed by atoms with E-state index in [0.717, 1.165) is 5.65 Å². The van der Waals surface area contributed by atoms with E-state index in [9.17, 15) is 10.1 Å². The lowest BCUT2D eigenvalue weighted by Crippen LogP contribution is -2.02. The molecule has 0 radical (unpaired) electrons. The number of nitrogens with zero attached hydrogens (tertiary/aromatic N) is 7. The number of anilines is 2. The van der Waals surface area contributed by atoms with Gasteiger partial charge in [-0.3, -0.25) is 19.4 Å². The van der Waals surface area contributed by atoms with Crippen LogP contribution in [0.4, 0.5) is 17.2 Å². The Hall–Kier alpha value is -2.79. The van der Waals surface area contributed by atoms with Gasteiger partial charge in [0.25, 0.3) is 5.69 Å². The molecule has 1 N–H and O–H groups in total. The maximum atomic E-state index is 11.1. The maximum absolute atomic E-state index is 11.1. The molecule has 0 saturated carbocycles. The Morgan fingerprint density at radius 1 is 1.25 bits per heavy atom. The summed E-state index contributed by atoms with van der Waals surface area (Å²) in [5.41, 5.74) is 3.76. The summed E-state index contributed by atoms with van der Waals surface area (Å²) >= 11 is 2.26. The van der Waals surface area contributed by atoms with Crippen LogP contribution in [0.2, 0.25) is 0 Å². The molecule has 4 heterocycles. The van der Waals surface area contributed by atoms with Crippen molar-refractivity contribution >= 4 is 56.8 Å². The quantitative estimate of drug-likeness (QED) is 0.186. The van der Waals surface area contributed by atoms with Crippen molar-refractivity contribution in [3.05, 3.63) is 59.1 Å². The van der Waals surface area contributed by atoms with E-state index in [1.807, 2.05) is 10.4 Å². The minimum atomic E-state index is -0.484. The number of nitro groups is 1. The number of hydrogen-bond donors (Lipinski definition) is 1. The van der Waals surface area contributed by atoms with Gasteiger partial charge in [0.15, 0.2) is 5.65 Å². The van der Waals surface area contributed by atoms with Crippen LogP contribution in [0.25, 0.3) is 22.4 Å². The Labute approximate surface area is 173 Å². The molecule has 12 heteroatoms. The van der Waals surface area contributed by atoms with E-state index in [-0.39, 0.29) is 5.69 Å². The molecule has 4 aromatic rings. The molecule has 0 aromatic carbocycles. The lowest BCUT2D eigenvalue weighted by Gasteiger charge is -2.12. The summed E-state index contributed by atoms with van der Waals surface area (Å²) in [5.74, 6) is 0.499. The molecule has 28 heavy (non-hydrogen) atoms. The van der Waals surface area contributed by atoms with E-state index in [0.29, 0.717) is 40.3 Å². The van der Waals surface area contributed by atoms with Crippen molar-refractivity contribution in [2.45, 2.75) is 6.92 Å². The van der Waals surface area contributed by atoms with Crippen LogP contribution in [0.1, 0.15) is 5.69 Å². The first-order valence-corrected chi connectivity index (χ1v) is 12.0. The normalized spacial score (nSPS) is 11.4. The zero-order chi connectivity index (χ0) is 19.7.